The molecule has 0 fully saturated rings. The minimum Gasteiger partial charge on any atom is -0.315 e. The third kappa shape index (κ3) is 3.20. The third-order valence-corrected chi connectivity index (χ3v) is 5.89. The Morgan fingerprint density at radius 1 is 1.62 bits per heavy atom. The summed E-state index contributed by atoms with van der Waals surface area (Å²) in [5, 5.41) is 27.9. The van der Waals surface area contributed by atoms with Gasteiger partial charge in [0, 0.05) is 4.88 Å². The van der Waals surface area contributed by atoms with Gasteiger partial charge in [0.15, 0.2) is 0 Å². The summed E-state index contributed by atoms with van der Waals surface area (Å²) in [6, 6.07) is 1.49. The smallest absolute Gasteiger partial charge is 0.309 e. The molecule has 0 unspecified atom stereocenters. The highest BCUT2D eigenvalue weighted by molar-refractivity contribution is 7.16. The number of hydrogen-bond acceptors (Lipinski definition) is 6. The predicted molar refractivity (Wildman–Crippen MR) is 97.2 cm³/mol. The number of aryl methyl sites for hydroxylation is 1. The van der Waals surface area contributed by atoms with Gasteiger partial charge >= 0.3 is 5.69 Å². The van der Waals surface area contributed by atoms with E-state index in [1.165, 1.54) is 29.1 Å². The number of nitrogens with one attached hydrogen (secondary N) is 1. The van der Waals surface area contributed by atoms with E-state index in [0.717, 1.165) is 29.7 Å². The molecule has 0 saturated carbocycles. The van der Waals surface area contributed by atoms with Crippen LogP contribution in [0.5, 0.6) is 0 Å². The summed E-state index contributed by atoms with van der Waals surface area (Å²) in [6.07, 6.45) is 4.07. The molecule has 1 aliphatic rings. The quantitative estimate of drug-likeness (QED) is 0.652. The number of nitrogens with zero attached hydrogens (tertiary/aromatic N) is 4. The monoisotopic (exact) mass is 373 g/mol. The van der Waals surface area contributed by atoms with Gasteiger partial charge in [0.1, 0.15) is 29.0 Å². The second-order valence-electron chi connectivity index (χ2n) is 6.67. The number of amides is 1. The lowest BCUT2D eigenvalue weighted by Gasteiger charge is -2.17. The maximum absolute atomic E-state index is 12.6. The van der Waals surface area contributed by atoms with E-state index in [4.69, 9.17) is 0 Å². The molecule has 1 aliphatic carbocycles. The van der Waals surface area contributed by atoms with Crippen LogP contribution in [0.4, 0.5) is 10.7 Å². The van der Waals surface area contributed by atoms with E-state index in [1.54, 1.807) is 6.92 Å². The number of hydrogen-bond donors (Lipinski definition) is 1. The van der Waals surface area contributed by atoms with Crippen molar-refractivity contribution < 1.29 is 9.72 Å². The Bertz CT molecular complexity index is 924. The maximum Gasteiger partial charge on any atom is 0.309 e. The Morgan fingerprint density at radius 3 is 2.96 bits per heavy atom. The van der Waals surface area contributed by atoms with Crippen molar-refractivity contribution >= 4 is 27.9 Å². The van der Waals surface area contributed by atoms with E-state index in [1.807, 2.05) is 0 Å². The maximum atomic E-state index is 12.6. The zero-order chi connectivity index (χ0) is 19.0. The third-order valence-electron chi connectivity index (χ3n) is 4.72. The summed E-state index contributed by atoms with van der Waals surface area (Å²) >= 11 is 1.45. The molecule has 0 radical (unpaired) electrons. The van der Waals surface area contributed by atoms with Crippen LogP contribution in [0.1, 0.15) is 48.0 Å². The van der Waals surface area contributed by atoms with Gasteiger partial charge < -0.3 is 5.32 Å². The summed E-state index contributed by atoms with van der Waals surface area (Å²) in [6.45, 7) is 5.33. The highest BCUT2D eigenvalue weighted by Crippen LogP contribution is 2.39. The van der Waals surface area contributed by atoms with E-state index in [0.29, 0.717) is 16.5 Å². The number of aromatic nitrogens is 2. The minimum atomic E-state index is -0.730. The lowest BCUT2D eigenvalue weighted by atomic mass is 9.88. The van der Waals surface area contributed by atoms with Gasteiger partial charge in [0.25, 0.3) is 0 Å². The lowest BCUT2D eigenvalue weighted by Crippen LogP contribution is -2.24. The lowest BCUT2D eigenvalue weighted by molar-refractivity contribution is -0.385. The van der Waals surface area contributed by atoms with E-state index in [2.05, 4.69) is 23.4 Å². The van der Waals surface area contributed by atoms with Crippen LogP contribution in [0.15, 0.2) is 6.20 Å². The highest BCUT2D eigenvalue weighted by Gasteiger charge is 2.27. The molecule has 1 amide bonds. The fraction of sp³-hybridized carbons (Fsp3) is 0.471. The number of nitriles is 1. The van der Waals surface area contributed by atoms with E-state index >= 15 is 0 Å². The molecule has 0 aliphatic heterocycles. The van der Waals surface area contributed by atoms with Gasteiger partial charge in [-0.15, -0.1) is 11.3 Å². The Kier molecular flexibility index (Phi) is 4.78. The van der Waals surface area contributed by atoms with Crippen molar-refractivity contribution in [1.29, 1.82) is 5.26 Å². The summed E-state index contributed by atoms with van der Waals surface area (Å²) in [5.41, 5.74) is 1.72. The standard InChI is InChI=1S/C17H19N5O3S/c1-9-4-5-12-13(7-18)17(26-15(12)6-9)19-16(23)11(3)21-8-14(22(24)25)10(2)20-21/h8-9,11H,4-6H2,1-3H3,(H,19,23)/t9-,11+/m0/s1. The number of anilines is 1. The fourth-order valence-corrected chi connectivity index (χ4v) is 4.51. The normalized spacial score (nSPS) is 17.2. The molecule has 0 bridgehead atoms. The molecule has 0 aromatic carbocycles. The van der Waals surface area contributed by atoms with Gasteiger partial charge in [-0.1, -0.05) is 6.92 Å². The van der Waals surface area contributed by atoms with Gasteiger partial charge in [0.2, 0.25) is 5.91 Å². The van der Waals surface area contributed by atoms with Crippen LogP contribution < -0.4 is 5.32 Å². The molecular formula is C17H19N5O3S. The van der Waals surface area contributed by atoms with Gasteiger partial charge in [0.05, 0.1) is 10.5 Å². The summed E-state index contributed by atoms with van der Waals surface area (Å²) in [4.78, 5) is 24.2. The first kappa shape index (κ1) is 18.1. The molecule has 2 aromatic heterocycles. The molecule has 9 heteroatoms. The van der Waals surface area contributed by atoms with Crippen molar-refractivity contribution in [3.63, 3.8) is 0 Å². The number of fused-ring (bicyclic) bond motifs is 1. The SMILES string of the molecule is Cc1nn([C@H](C)C(=O)Nc2sc3c(c2C#N)CC[C@H](C)C3)cc1[N+](=O)[O-]. The summed E-state index contributed by atoms with van der Waals surface area (Å²) in [7, 11) is 0. The van der Waals surface area contributed by atoms with E-state index < -0.39 is 11.0 Å². The molecule has 2 aromatic rings. The second kappa shape index (κ2) is 6.88. The average Bonchev–Trinajstić information content (AvgIpc) is 3.13. The Labute approximate surface area is 154 Å². The van der Waals surface area contributed by atoms with Gasteiger partial charge in [-0.2, -0.15) is 10.4 Å². The number of rotatable bonds is 4. The first-order valence-electron chi connectivity index (χ1n) is 8.37. The highest BCUT2D eigenvalue weighted by atomic mass is 32.1. The molecule has 3 rings (SSSR count). The number of carbonyl (C=O) groups is 1. The van der Waals surface area contributed by atoms with Gasteiger partial charge in [-0.05, 0) is 44.6 Å². The van der Waals surface area contributed by atoms with Crippen molar-refractivity contribution in [2.45, 2.75) is 46.1 Å². The summed E-state index contributed by atoms with van der Waals surface area (Å²) < 4.78 is 1.28. The molecular weight excluding hydrogens is 354 g/mol. The van der Waals surface area contributed by atoms with Crippen molar-refractivity contribution in [3.05, 3.63) is 38.0 Å². The average molecular weight is 373 g/mol. The predicted octanol–water partition coefficient (Wildman–Crippen LogP) is 3.36. The van der Waals surface area contributed by atoms with Crippen molar-refractivity contribution in [1.82, 2.24) is 9.78 Å². The molecule has 8 nitrogen and oxygen atoms in total. The molecule has 26 heavy (non-hydrogen) atoms. The Morgan fingerprint density at radius 2 is 2.35 bits per heavy atom. The molecule has 136 valence electrons. The summed E-state index contributed by atoms with van der Waals surface area (Å²) in [5.74, 6) is 0.216. The van der Waals surface area contributed by atoms with Crippen LogP contribution in [0.25, 0.3) is 0 Å². The van der Waals surface area contributed by atoms with Crippen LogP contribution in [0.3, 0.4) is 0 Å². The molecule has 2 heterocycles. The number of thiophene rings is 1. The van der Waals surface area contributed by atoms with Gasteiger partial charge in [-0.25, -0.2) is 0 Å². The van der Waals surface area contributed by atoms with Crippen LogP contribution >= 0.6 is 11.3 Å². The minimum absolute atomic E-state index is 0.122. The zero-order valence-corrected chi connectivity index (χ0v) is 15.6. The second-order valence-corrected chi connectivity index (χ2v) is 7.77. The Balaban J connectivity index is 1.83. The van der Waals surface area contributed by atoms with E-state index in [9.17, 15) is 20.2 Å². The Hall–Kier alpha value is -2.73. The van der Waals surface area contributed by atoms with Crippen molar-refractivity contribution in [3.8, 4) is 6.07 Å². The van der Waals surface area contributed by atoms with Gasteiger partial charge in [-0.3, -0.25) is 19.6 Å². The van der Waals surface area contributed by atoms with Crippen molar-refractivity contribution in [2.24, 2.45) is 5.92 Å². The van der Waals surface area contributed by atoms with Crippen LogP contribution in [0, 0.1) is 34.3 Å². The molecule has 0 saturated heterocycles. The number of nitro groups is 1. The largest absolute Gasteiger partial charge is 0.315 e. The molecule has 1 N–H and O–H groups in total. The topological polar surface area (TPSA) is 114 Å². The molecule has 2 atom stereocenters. The van der Waals surface area contributed by atoms with Crippen LogP contribution in [-0.2, 0) is 17.6 Å². The van der Waals surface area contributed by atoms with Crippen LogP contribution in [-0.4, -0.2) is 20.6 Å². The number of carbonyl (C=O) groups excluding carboxylic acids is 1. The van der Waals surface area contributed by atoms with E-state index in [-0.39, 0.29) is 17.3 Å². The van der Waals surface area contributed by atoms with Crippen LogP contribution in [0.2, 0.25) is 0 Å². The zero-order valence-electron chi connectivity index (χ0n) is 14.8. The van der Waals surface area contributed by atoms with Crippen molar-refractivity contribution in [2.75, 3.05) is 5.32 Å². The first-order valence-corrected chi connectivity index (χ1v) is 9.19. The first-order chi connectivity index (χ1) is 12.3. The molecule has 0 spiro atoms. The fourth-order valence-electron chi connectivity index (χ4n) is 3.14.